The number of carbonyl (C=O) groups is 3. The molecule has 7 heteroatoms. The Labute approximate surface area is 214 Å². The summed E-state index contributed by atoms with van der Waals surface area (Å²) >= 11 is 1.43. The molecule has 4 rings (SSSR count). The largest absolute Gasteiger partial charge is 0.461 e. The van der Waals surface area contributed by atoms with E-state index in [1.165, 1.54) is 11.8 Å². The van der Waals surface area contributed by atoms with Crippen molar-refractivity contribution in [1.82, 2.24) is 0 Å². The molecule has 3 N–H and O–H groups in total. The van der Waals surface area contributed by atoms with E-state index in [1.807, 2.05) is 13.8 Å². The van der Waals surface area contributed by atoms with Gasteiger partial charge in [-0.05, 0) is 56.8 Å². The van der Waals surface area contributed by atoms with Crippen LogP contribution in [0.2, 0.25) is 0 Å². The van der Waals surface area contributed by atoms with Crippen LogP contribution in [0, 0.1) is 34.0 Å². The molecular formula is C28H43NO5S. The molecule has 1 unspecified atom stereocenters. The van der Waals surface area contributed by atoms with Crippen molar-refractivity contribution in [2.75, 3.05) is 5.75 Å². The summed E-state index contributed by atoms with van der Waals surface area (Å²) in [7, 11) is 0. The van der Waals surface area contributed by atoms with Gasteiger partial charge in [0.1, 0.15) is 17.7 Å². The lowest BCUT2D eigenvalue weighted by molar-refractivity contribution is -0.191. The number of ketones is 2. The lowest BCUT2D eigenvalue weighted by Gasteiger charge is -2.60. The number of aliphatic hydroxyl groups is 1. The van der Waals surface area contributed by atoms with Crippen LogP contribution in [0.25, 0.3) is 0 Å². The summed E-state index contributed by atoms with van der Waals surface area (Å²) in [6.45, 7) is 12.2. The predicted octanol–water partition coefficient (Wildman–Crippen LogP) is 4.08. The summed E-state index contributed by atoms with van der Waals surface area (Å²) in [6, 6.07) is 0.0113. The summed E-state index contributed by atoms with van der Waals surface area (Å²) in [4.78, 5) is 40.5. The molecular weight excluding hydrogens is 462 g/mol. The van der Waals surface area contributed by atoms with Crippen molar-refractivity contribution in [1.29, 1.82) is 0 Å². The molecule has 4 aliphatic carbocycles. The highest BCUT2D eigenvalue weighted by Gasteiger charge is 2.68. The lowest BCUT2D eigenvalue weighted by atomic mass is 9.44. The molecule has 0 heterocycles. The third-order valence-corrected chi connectivity index (χ3v) is 11.9. The Kier molecular flexibility index (Phi) is 7.37. The molecule has 4 saturated carbocycles. The minimum atomic E-state index is -0.824. The molecule has 6 nitrogen and oxygen atoms in total. The molecule has 0 saturated heterocycles. The quantitative estimate of drug-likeness (QED) is 0.428. The number of allylic oxidation sites excluding steroid dienone is 1. The third kappa shape index (κ3) is 4.33. The Bertz CT molecular complexity index is 893. The standard InChI is InChI=1S/C28H43NO5S/c1-6-26(4)14-22(34-23(32)15-35-21-8-7-18(29)13-20(21)31)27(5)16(2)9-11-28(17(3)25(26)33)12-10-19(30)24(27)28/h6,16-18,20-22,24,31H,1,7-15,29H2,2-5H3/t16?,17-,18+,20+,21+,22+,24-,26+,27-,28-/m0/s1. The Morgan fingerprint density at radius 3 is 2.60 bits per heavy atom. The predicted molar refractivity (Wildman–Crippen MR) is 138 cm³/mol. The number of nitrogens with two attached hydrogens (primary N) is 1. The molecule has 10 atom stereocenters. The molecule has 0 amide bonds. The summed E-state index contributed by atoms with van der Waals surface area (Å²) in [5, 5.41) is 10.3. The molecule has 4 fully saturated rings. The molecule has 0 spiro atoms. The van der Waals surface area contributed by atoms with Crippen LogP contribution in [0.5, 0.6) is 0 Å². The van der Waals surface area contributed by atoms with E-state index in [9.17, 15) is 19.5 Å². The summed E-state index contributed by atoms with van der Waals surface area (Å²) in [6.07, 6.45) is 6.16. The number of esters is 1. The normalized spacial score (nSPS) is 48.0. The Hall–Kier alpha value is -1.18. The van der Waals surface area contributed by atoms with Crippen LogP contribution in [-0.4, -0.2) is 51.9 Å². The first-order valence-electron chi connectivity index (χ1n) is 13.3. The van der Waals surface area contributed by atoms with E-state index in [2.05, 4.69) is 20.4 Å². The number of carbonyl (C=O) groups excluding carboxylic acids is 3. The van der Waals surface area contributed by atoms with E-state index >= 15 is 0 Å². The van der Waals surface area contributed by atoms with Gasteiger partial charge in [0.25, 0.3) is 0 Å². The second kappa shape index (κ2) is 9.60. The second-order valence-corrected chi connectivity index (χ2v) is 13.5. The SMILES string of the molecule is C=C[C@]1(C)C[C@@H](OC(=O)CS[C@@H]2CC[C@@H](N)C[C@H]2O)[C@]2(C)C(C)CC[C@]3(CCC(=O)[C@H]32)[C@@H](C)C1=O. The molecule has 35 heavy (non-hydrogen) atoms. The minimum Gasteiger partial charge on any atom is -0.461 e. The van der Waals surface area contributed by atoms with Gasteiger partial charge in [-0.25, -0.2) is 0 Å². The van der Waals surface area contributed by atoms with E-state index in [-0.39, 0.29) is 57.7 Å². The summed E-state index contributed by atoms with van der Waals surface area (Å²) in [5.41, 5.74) is 4.22. The number of ether oxygens (including phenoxy) is 1. The van der Waals surface area contributed by atoms with Gasteiger partial charge in [0.2, 0.25) is 0 Å². The fraction of sp³-hybridized carbons (Fsp3) is 0.821. The maximum atomic E-state index is 13.8. The summed E-state index contributed by atoms with van der Waals surface area (Å²) < 4.78 is 6.25. The molecule has 2 bridgehead atoms. The molecule has 0 aromatic rings. The van der Waals surface area contributed by atoms with E-state index in [1.54, 1.807) is 6.08 Å². The maximum absolute atomic E-state index is 13.8. The van der Waals surface area contributed by atoms with Gasteiger partial charge in [-0.1, -0.05) is 26.8 Å². The zero-order valence-corrected chi connectivity index (χ0v) is 22.6. The first kappa shape index (κ1) is 26.9. The molecule has 0 aromatic carbocycles. The highest BCUT2D eigenvalue weighted by Crippen LogP contribution is 2.67. The lowest BCUT2D eigenvalue weighted by Crippen LogP contribution is -2.62. The second-order valence-electron chi connectivity index (χ2n) is 12.3. The number of rotatable bonds is 5. The van der Waals surface area contributed by atoms with Crippen molar-refractivity contribution in [2.45, 2.75) is 103 Å². The van der Waals surface area contributed by atoms with Crippen molar-refractivity contribution in [3.63, 3.8) is 0 Å². The van der Waals surface area contributed by atoms with Crippen LogP contribution in [0.4, 0.5) is 0 Å². The number of thioether (sulfide) groups is 1. The Balaban J connectivity index is 1.63. The Morgan fingerprint density at radius 2 is 1.94 bits per heavy atom. The van der Waals surface area contributed by atoms with E-state index in [4.69, 9.17) is 10.5 Å². The van der Waals surface area contributed by atoms with Crippen LogP contribution in [0.3, 0.4) is 0 Å². The first-order chi connectivity index (χ1) is 16.4. The van der Waals surface area contributed by atoms with Gasteiger partial charge < -0.3 is 15.6 Å². The van der Waals surface area contributed by atoms with Crippen LogP contribution < -0.4 is 5.73 Å². The highest BCUT2D eigenvalue weighted by atomic mass is 32.2. The zero-order chi connectivity index (χ0) is 25.8. The summed E-state index contributed by atoms with van der Waals surface area (Å²) in [5.74, 6) is -0.205. The number of hydrogen-bond donors (Lipinski definition) is 2. The fourth-order valence-electron chi connectivity index (χ4n) is 7.99. The molecule has 0 radical (unpaired) electrons. The smallest absolute Gasteiger partial charge is 0.316 e. The Morgan fingerprint density at radius 1 is 1.23 bits per heavy atom. The monoisotopic (exact) mass is 505 g/mol. The van der Waals surface area contributed by atoms with E-state index in [0.717, 1.165) is 32.1 Å². The topological polar surface area (TPSA) is 107 Å². The maximum Gasteiger partial charge on any atom is 0.316 e. The number of aliphatic hydroxyl groups excluding tert-OH is 1. The van der Waals surface area contributed by atoms with Crippen LogP contribution >= 0.6 is 11.8 Å². The molecule has 4 aliphatic rings. The van der Waals surface area contributed by atoms with Crippen molar-refractivity contribution in [3.05, 3.63) is 12.7 Å². The third-order valence-electron chi connectivity index (χ3n) is 10.5. The van der Waals surface area contributed by atoms with Crippen molar-refractivity contribution in [2.24, 2.45) is 39.7 Å². The van der Waals surface area contributed by atoms with Crippen LogP contribution in [0.15, 0.2) is 12.7 Å². The van der Waals surface area contributed by atoms with Gasteiger partial charge in [0, 0.05) is 46.8 Å². The van der Waals surface area contributed by atoms with Gasteiger partial charge in [-0.2, -0.15) is 0 Å². The number of hydrogen-bond acceptors (Lipinski definition) is 7. The number of Topliss-reactive ketones (excluding diaryl/α,β-unsaturated/α-hetero) is 2. The van der Waals surface area contributed by atoms with Crippen molar-refractivity contribution in [3.8, 4) is 0 Å². The van der Waals surface area contributed by atoms with Crippen molar-refractivity contribution < 1.29 is 24.2 Å². The van der Waals surface area contributed by atoms with Gasteiger partial charge >= 0.3 is 5.97 Å². The van der Waals surface area contributed by atoms with Crippen LogP contribution in [-0.2, 0) is 19.1 Å². The highest BCUT2D eigenvalue weighted by molar-refractivity contribution is 8.00. The van der Waals surface area contributed by atoms with E-state index in [0.29, 0.717) is 19.3 Å². The zero-order valence-electron chi connectivity index (χ0n) is 21.8. The van der Waals surface area contributed by atoms with Crippen LogP contribution in [0.1, 0.15) is 79.1 Å². The van der Waals surface area contributed by atoms with Gasteiger partial charge in [0.15, 0.2) is 0 Å². The molecule has 0 aromatic heterocycles. The van der Waals surface area contributed by atoms with Gasteiger partial charge in [0.05, 0.1) is 11.9 Å². The molecule has 0 aliphatic heterocycles. The van der Waals surface area contributed by atoms with Gasteiger partial charge in [-0.15, -0.1) is 18.3 Å². The average molecular weight is 506 g/mol. The first-order valence-corrected chi connectivity index (χ1v) is 14.4. The minimum absolute atomic E-state index is 0.0113. The fourth-order valence-corrected chi connectivity index (χ4v) is 9.05. The molecule has 196 valence electrons. The van der Waals surface area contributed by atoms with Gasteiger partial charge in [-0.3, -0.25) is 14.4 Å². The average Bonchev–Trinajstić information content (AvgIpc) is 3.17. The van der Waals surface area contributed by atoms with Crippen molar-refractivity contribution >= 4 is 29.3 Å². The van der Waals surface area contributed by atoms with E-state index < -0.39 is 23.0 Å².